The second kappa shape index (κ2) is 11.5. The summed E-state index contributed by atoms with van der Waals surface area (Å²) in [7, 11) is 0. The van der Waals surface area contributed by atoms with E-state index in [0.717, 1.165) is 25.7 Å². The first-order chi connectivity index (χ1) is 9.62. The van der Waals surface area contributed by atoms with Gasteiger partial charge in [-0.2, -0.15) is 0 Å². The van der Waals surface area contributed by atoms with Crippen LogP contribution in [0.5, 0.6) is 0 Å². The van der Waals surface area contributed by atoms with Crippen LogP contribution in [0.15, 0.2) is 11.1 Å². The zero-order valence-corrected chi connectivity index (χ0v) is 13.3. The van der Waals surface area contributed by atoms with Crippen LogP contribution in [0.3, 0.4) is 0 Å². The number of carbonyl (C=O) groups is 2. The van der Waals surface area contributed by atoms with E-state index in [2.05, 4.69) is 6.92 Å². The monoisotopic (exact) mass is 284 g/mol. The number of rotatable bonds is 10. The molecule has 0 aliphatic rings. The minimum absolute atomic E-state index is 0.370. The summed E-state index contributed by atoms with van der Waals surface area (Å²) in [5.74, 6) is -0.750. The maximum atomic E-state index is 12.1. The van der Waals surface area contributed by atoms with Gasteiger partial charge in [-0.05, 0) is 32.1 Å². The van der Waals surface area contributed by atoms with E-state index < -0.39 is 0 Å². The van der Waals surface area contributed by atoms with Gasteiger partial charge in [-0.25, -0.2) is 9.59 Å². The molecule has 0 bridgehead atoms. The number of ether oxygens (including phenoxy) is 2. The molecule has 0 aromatic rings. The number of unbranched alkanes of at least 4 members (excludes halogenated alkanes) is 1. The molecule has 0 heterocycles. The van der Waals surface area contributed by atoms with E-state index in [0.29, 0.717) is 37.2 Å². The van der Waals surface area contributed by atoms with Crippen LogP contribution < -0.4 is 0 Å². The molecule has 0 radical (unpaired) electrons. The summed E-state index contributed by atoms with van der Waals surface area (Å²) in [5.41, 5.74) is 0.955. The van der Waals surface area contributed by atoms with Crippen molar-refractivity contribution in [1.82, 2.24) is 0 Å². The summed E-state index contributed by atoms with van der Waals surface area (Å²) in [5, 5.41) is 0. The lowest BCUT2D eigenvalue weighted by molar-refractivity contribution is -0.142. The molecular weight excluding hydrogens is 256 g/mol. The first kappa shape index (κ1) is 18.7. The first-order valence-corrected chi connectivity index (χ1v) is 7.68. The van der Waals surface area contributed by atoms with Gasteiger partial charge in [0, 0.05) is 11.1 Å². The lowest BCUT2D eigenvalue weighted by atomic mass is 10.0. The molecule has 0 amide bonds. The van der Waals surface area contributed by atoms with Crippen molar-refractivity contribution in [3.05, 3.63) is 11.1 Å². The van der Waals surface area contributed by atoms with Crippen LogP contribution in [0.2, 0.25) is 0 Å². The Labute approximate surface area is 122 Å². The van der Waals surface area contributed by atoms with Crippen molar-refractivity contribution in [1.29, 1.82) is 0 Å². The maximum absolute atomic E-state index is 12.1. The second-order valence-electron chi connectivity index (χ2n) is 4.69. The van der Waals surface area contributed by atoms with Crippen molar-refractivity contribution >= 4 is 11.9 Å². The Morgan fingerprint density at radius 3 is 1.65 bits per heavy atom. The Morgan fingerprint density at radius 2 is 1.25 bits per heavy atom. The van der Waals surface area contributed by atoms with Crippen molar-refractivity contribution in [2.45, 2.75) is 66.2 Å². The van der Waals surface area contributed by atoms with Gasteiger partial charge in [0.15, 0.2) is 0 Å². The molecule has 0 fully saturated rings. The summed E-state index contributed by atoms with van der Waals surface area (Å²) in [4.78, 5) is 24.1. The largest absolute Gasteiger partial charge is 0.462 e. The molecule has 116 valence electrons. The standard InChI is InChI=1S/C16H28O4/c1-5-9-10-14(16(18)20-12-7-3)13(8-4)15(17)19-11-6-2/h5-12H2,1-4H3. The average Bonchev–Trinajstić information content (AvgIpc) is 2.46. The molecule has 4 nitrogen and oxygen atoms in total. The fraction of sp³-hybridized carbons (Fsp3) is 0.750. The predicted octanol–water partition coefficient (Wildman–Crippen LogP) is 3.79. The Morgan fingerprint density at radius 1 is 0.750 bits per heavy atom. The molecule has 0 saturated heterocycles. The second-order valence-corrected chi connectivity index (χ2v) is 4.69. The molecule has 0 aromatic carbocycles. The van der Waals surface area contributed by atoms with E-state index in [9.17, 15) is 9.59 Å². The van der Waals surface area contributed by atoms with Crippen molar-refractivity contribution in [2.75, 3.05) is 13.2 Å². The van der Waals surface area contributed by atoms with Crippen molar-refractivity contribution in [3.63, 3.8) is 0 Å². The van der Waals surface area contributed by atoms with Gasteiger partial charge in [0.25, 0.3) is 0 Å². The van der Waals surface area contributed by atoms with Crippen molar-refractivity contribution < 1.29 is 19.1 Å². The van der Waals surface area contributed by atoms with Gasteiger partial charge in [-0.3, -0.25) is 0 Å². The van der Waals surface area contributed by atoms with E-state index >= 15 is 0 Å². The van der Waals surface area contributed by atoms with Crippen molar-refractivity contribution in [2.24, 2.45) is 0 Å². The zero-order chi connectivity index (χ0) is 15.4. The maximum Gasteiger partial charge on any atom is 0.334 e. The molecular formula is C16H28O4. The fourth-order valence-electron chi connectivity index (χ4n) is 1.77. The summed E-state index contributed by atoms with van der Waals surface area (Å²) in [6, 6.07) is 0. The summed E-state index contributed by atoms with van der Waals surface area (Å²) >= 11 is 0. The highest BCUT2D eigenvalue weighted by Gasteiger charge is 2.21. The molecule has 0 atom stereocenters. The van der Waals surface area contributed by atoms with Gasteiger partial charge >= 0.3 is 11.9 Å². The van der Waals surface area contributed by atoms with Crippen LogP contribution >= 0.6 is 0 Å². The molecule has 0 rings (SSSR count). The van der Waals surface area contributed by atoms with E-state index in [-0.39, 0.29) is 11.9 Å². The molecule has 0 N–H and O–H groups in total. The number of carbonyl (C=O) groups excluding carboxylic acids is 2. The minimum atomic E-state index is -0.381. The van der Waals surface area contributed by atoms with Gasteiger partial charge in [-0.15, -0.1) is 0 Å². The Hall–Kier alpha value is -1.32. The highest BCUT2D eigenvalue weighted by molar-refractivity contribution is 6.00. The highest BCUT2D eigenvalue weighted by Crippen LogP contribution is 2.19. The quantitative estimate of drug-likeness (QED) is 0.452. The zero-order valence-electron chi connectivity index (χ0n) is 13.3. The molecule has 0 unspecified atom stereocenters. The van der Waals surface area contributed by atoms with Crippen LogP contribution in [0.25, 0.3) is 0 Å². The third-order valence-corrected chi connectivity index (χ3v) is 2.87. The summed E-state index contributed by atoms with van der Waals surface area (Å²) in [6.07, 6.45) is 4.43. The first-order valence-electron chi connectivity index (χ1n) is 7.68. The summed E-state index contributed by atoms with van der Waals surface area (Å²) in [6.45, 7) is 8.57. The van der Waals surface area contributed by atoms with Gasteiger partial charge in [0.05, 0.1) is 13.2 Å². The van der Waals surface area contributed by atoms with E-state index in [1.165, 1.54) is 0 Å². The smallest absolute Gasteiger partial charge is 0.334 e. The molecule has 0 saturated carbocycles. The number of hydrogen-bond acceptors (Lipinski definition) is 4. The lowest BCUT2D eigenvalue weighted by Crippen LogP contribution is -2.17. The van der Waals surface area contributed by atoms with Gasteiger partial charge < -0.3 is 9.47 Å². The van der Waals surface area contributed by atoms with Crippen LogP contribution in [-0.4, -0.2) is 25.2 Å². The van der Waals surface area contributed by atoms with Crippen LogP contribution in [0, 0.1) is 0 Å². The van der Waals surface area contributed by atoms with Gasteiger partial charge in [0.2, 0.25) is 0 Å². The molecule has 0 aromatic heterocycles. The van der Waals surface area contributed by atoms with Crippen LogP contribution in [0.1, 0.15) is 66.2 Å². The molecule has 0 aliphatic heterocycles. The Balaban J connectivity index is 5.10. The lowest BCUT2D eigenvalue weighted by Gasteiger charge is -2.13. The minimum Gasteiger partial charge on any atom is -0.462 e. The third-order valence-electron chi connectivity index (χ3n) is 2.87. The van der Waals surface area contributed by atoms with Gasteiger partial charge in [0.1, 0.15) is 0 Å². The van der Waals surface area contributed by atoms with Crippen molar-refractivity contribution in [3.8, 4) is 0 Å². The Bertz CT molecular complexity index is 331. The van der Waals surface area contributed by atoms with Crippen LogP contribution in [-0.2, 0) is 19.1 Å². The topological polar surface area (TPSA) is 52.6 Å². The average molecular weight is 284 g/mol. The van der Waals surface area contributed by atoms with E-state index in [1.807, 2.05) is 20.8 Å². The van der Waals surface area contributed by atoms with Gasteiger partial charge in [-0.1, -0.05) is 34.1 Å². The third kappa shape index (κ3) is 6.73. The molecule has 4 heteroatoms. The van der Waals surface area contributed by atoms with E-state index in [4.69, 9.17) is 9.47 Å². The highest BCUT2D eigenvalue weighted by atomic mass is 16.5. The van der Waals surface area contributed by atoms with Crippen LogP contribution in [0.4, 0.5) is 0 Å². The molecule has 0 aliphatic carbocycles. The van der Waals surface area contributed by atoms with E-state index in [1.54, 1.807) is 0 Å². The SMILES string of the molecule is CCCCC(C(=O)OCCC)=C(CC)C(=O)OCCC. The fourth-order valence-corrected chi connectivity index (χ4v) is 1.77. The molecule has 20 heavy (non-hydrogen) atoms. The summed E-state index contributed by atoms with van der Waals surface area (Å²) < 4.78 is 10.3. The number of hydrogen-bond donors (Lipinski definition) is 0. The molecule has 0 spiro atoms. The Kier molecular flexibility index (Phi) is 10.7. The normalized spacial score (nSPS) is 11.8. The number of esters is 2. The predicted molar refractivity (Wildman–Crippen MR) is 79.3 cm³/mol.